The van der Waals surface area contributed by atoms with Crippen molar-refractivity contribution in [3.63, 3.8) is 0 Å². The van der Waals surface area contributed by atoms with Gasteiger partial charge in [0.15, 0.2) is 11.5 Å². The molecule has 168 valence electrons. The summed E-state index contributed by atoms with van der Waals surface area (Å²) in [5, 5.41) is 0.304. The summed E-state index contributed by atoms with van der Waals surface area (Å²) in [4.78, 5) is 27.0. The number of thioether (sulfide) groups is 1. The standard InChI is InChI=1S/C25H19ClINO4S/c1-31-21-12-18(11-20(27)23(21)32-15-17-5-3-2-4-6-17)13-22-24(29)28(25(30)33-22)14-16-7-9-19(26)10-8-16/h2-13H,14-15H2,1H3/b22-13-. The number of nitrogens with zero attached hydrogens (tertiary/aromatic N) is 1. The summed E-state index contributed by atoms with van der Waals surface area (Å²) in [5.41, 5.74) is 2.63. The molecule has 5 nitrogen and oxygen atoms in total. The molecule has 8 heteroatoms. The van der Waals surface area contributed by atoms with Crippen LogP contribution in [0.1, 0.15) is 16.7 Å². The topological polar surface area (TPSA) is 55.8 Å². The molecule has 0 bridgehead atoms. The number of halogens is 2. The molecule has 1 fully saturated rings. The predicted molar refractivity (Wildman–Crippen MR) is 139 cm³/mol. The van der Waals surface area contributed by atoms with Gasteiger partial charge in [-0.25, -0.2) is 0 Å². The summed E-state index contributed by atoms with van der Waals surface area (Å²) in [5.74, 6) is 0.873. The zero-order valence-corrected chi connectivity index (χ0v) is 21.3. The fourth-order valence-corrected chi connectivity index (χ4v) is 5.00. The maximum absolute atomic E-state index is 12.9. The van der Waals surface area contributed by atoms with Gasteiger partial charge in [-0.2, -0.15) is 0 Å². The minimum Gasteiger partial charge on any atom is -0.493 e. The molecule has 1 saturated heterocycles. The third-order valence-corrected chi connectivity index (χ3v) is 6.86. The van der Waals surface area contributed by atoms with Gasteiger partial charge in [0.05, 0.1) is 22.1 Å². The van der Waals surface area contributed by atoms with E-state index < -0.39 is 0 Å². The van der Waals surface area contributed by atoms with Crippen LogP contribution in [0.25, 0.3) is 6.08 Å². The lowest BCUT2D eigenvalue weighted by Gasteiger charge is -2.14. The highest BCUT2D eigenvalue weighted by Crippen LogP contribution is 2.38. The second-order valence-corrected chi connectivity index (χ2v) is 9.79. The molecule has 1 aliphatic heterocycles. The first-order valence-corrected chi connectivity index (χ1v) is 12.3. The quantitative estimate of drug-likeness (QED) is 0.224. The molecular weight excluding hydrogens is 573 g/mol. The van der Waals surface area contributed by atoms with Crippen molar-refractivity contribution >= 4 is 63.2 Å². The van der Waals surface area contributed by atoms with E-state index in [2.05, 4.69) is 22.6 Å². The number of amides is 2. The number of methoxy groups -OCH3 is 1. The summed E-state index contributed by atoms with van der Waals surface area (Å²) in [6, 6.07) is 20.7. The summed E-state index contributed by atoms with van der Waals surface area (Å²) in [6.45, 7) is 0.614. The summed E-state index contributed by atoms with van der Waals surface area (Å²) >= 11 is 9.03. The van der Waals surface area contributed by atoms with Crippen molar-refractivity contribution in [1.82, 2.24) is 4.90 Å². The van der Waals surface area contributed by atoms with Crippen LogP contribution in [0.2, 0.25) is 5.02 Å². The van der Waals surface area contributed by atoms with E-state index in [1.807, 2.05) is 36.4 Å². The van der Waals surface area contributed by atoms with Crippen LogP contribution in [0, 0.1) is 3.57 Å². The molecule has 1 heterocycles. The Kier molecular flexibility index (Phi) is 7.62. The Balaban J connectivity index is 1.53. The molecule has 0 aliphatic carbocycles. The van der Waals surface area contributed by atoms with Crippen LogP contribution in [-0.2, 0) is 17.9 Å². The summed E-state index contributed by atoms with van der Waals surface area (Å²) in [6.07, 6.45) is 1.71. The molecule has 3 aromatic carbocycles. The van der Waals surface area contributed by atoms with Crippen LogP contribution in [0.3, 0.4) is 0 Å². The number of carbonyl (C=O) groups is 2. The molecule has 0 saturated carbocycles. The maximum Gasteiger partial charge on any atom is 0.293 e. The first-order chi connectivity index (χ1) is 15.9. The molecule has 0 unspecified atom stereocenters. The van der Waals surface area contributed by atoms with Crippen molar-refractivity contribution in [1.29, 1.82) is 0 Å². The van der Waals surface area contributed by atoms with Crippen molar-refractivity contribution in [2.45, 2.75) is 13.2 Å². The average molecular weight is 592 g/mol. The summed E-state index contributed by atoms with van der Waals surface area (Å²) < 4.78 is 12.4. The van der Waals surface area contributed by atoms with E-state index in [4.69, 9.17) is 21.1 Å². The highest BCUT2D eigenvalue weighted by Gasteiger charge is 2.35. The number of benzene rings is 3. The lowest BCUT2D eigenvalue weighted by Crippen LogP contribution is -2.27. The van der Waals surface area contributed by atoms with E-state index in [-0.39, 0.29) is 17.7 Å². The third kappa shape index (κ3) is 5.72. The van der Waals surface area contributed by atoms with Crippen molar-refractivity contribution in [2.24, 2.45) is 0 Å². The second kappa shape index (κ2) is 10.6. The van der Waals surface area contributed by atoms with Crippen molar-refractivity contribution < 1.29 is 19.1 Å². The van der Waals surface area contributed by atoms with Gasteiger partial charge in [-0.05, 0) is 81.4 Å². The van der Waals surface area contributed by atoms with Crippen LogP contribution in [-0.4, -0.2) is 23.2 Å². The highest BCUT2D eigenvalue weighted by atomic mass is 127. The Morgan fingerprint density at radius 2 is 1.76 bits per heavy atom. The molecule has 3 aromatic rings. The molecule has 0 atom stereocenters. The van der Waals surface area contributed by atoms with Gasteiger partial charge in [0.25, 0.3) is 11.1 Å². The van der Waals surface area contributed by atoms with Crippen LogP contribution in [0.4, 0.5) is 4.79 Å². The minimum absolute atomic E-state index is 0.201. The summed E-state index contributed by atoms with van der Waals surface area (Å²) in [7, 11) is 1.57. The van der Waals surface area contributed by atoms with Crippen LogP contribution in [0.5, 0.6) is 11.5 Å². The molecule has 0 spiro atoms. The Labute approximate surface area is 214 Å². The molecule has 0 N–H and O–H groups in total. The van der Waals surface area contributed by atoms with Gasteiger partial charge in [0.2, 0.25) is 0 Å². The number of rotatable bonds is 7. The Hall–Kier alpha value is -2.49. The molecule has 4 rings (SSSR count). The van der Waals surface area contributed by atoms with Crippen molar-refractivity contribution in [3.8, 4) is 11.5 Å². The van der Waals surface area contributed by atoms with Crippen molar-refractivity contribution in [3.05, 3.63) is 96.9 Å². The average Bonchev–Trinajstić information content (AvgIpc) is 3.07. The minimum atomic E-state index is -0.321. The third-order valence-electron chi connectivity index (χ3n) is 4.90. The van der Waals surface area contributed by atoms with Crippen LogP contribution < -0.4 is 9.47 Å². The molecule has 1 aliphatic rings. The molecule has 0 aromatic heterocycles. The number of imide groups is 1. The van der Waals surface area contributed by atoms with Crippen LogP contribution >= 0.6 is 46.0 Å². The zero-order valence-electron chi connectivity index (χ0n) is 17.6. The number of carbonyl (C=O) groups excluding carboxylic acids is 2. The fourth-order valence-electron chi connectivity index (χ4n) is 3.25. The maximum atomic E-state index is 12.9. The first-order valence-electron chi connectivity index (χ1n) is 9.98. The van der Waals surface area contributed by atoms with Gasteiger partial charge in [-0.3, -0.25) is 14.5 Å². The SMILES string of the molecule is COc1cc(/C=C2\SC(=O)N(Cc3ccc(Cl)cc3)C2=O)cc(I)c1OCc1ccccc1. The fraction of sp³-hybridized carbons (Fsp3) is 0.120. The van der Waals surface area contributed by atoms with Crippen LogP contribution in [0.15, 0.2) is 71.6 Å². The zero-order chi connectivity index (χ0) is 23.4. The van der Waals surface area contributed by atoms with E-state index in [0.29, 0.717) is 28.0 Å². The van der Waals surface area contributed by atoms with Gasteiger partial charge in [-0.1, -0.05) is 54.1 Å². The Bertz CT molecular complexity index is 1220. The van der Waals surface area contributed by atoms with Crippen molar-refractivity contribution in [2.75, 3.05) is 7.11 Å². The van der Waals surface area contributed by atoms with Gasteiger partial charge < -0.3 is 9.47 Å². The van der Waals surface area contributed by atoms with E-state index >= 15 is 0 Å². The van der Waals surface area contributed by atoms with E-state index in [1.54, 1.807) is 43.5 Å². The normalized spacial score (nSPS) is 14.8. The van der Waals surface area contributed by atoms with E-state index in [9.17, 15) is 9.59 Å². The first kappa shape index (κ1) is 23.7. The number of hydrogen-bond acceptors (Lipinski definition) is 5. The molecular formula is C25H19ClINO4S. The predicted octanol–water partition coefficient (Wildman–Crippen LogP) is 6.77. The van der Waals surface area contributed by atoms with Gasteiger partial charge in [-0.15, -0.1) is 0 Å². The van der Waals surface area contributed by atoms with Gasteiger partial charge in [0.1, 0.15) is 6.61 Å². The number of ether oxygens (including phenoxy) is 2. The monoisotopic (exact) mass is 591 g/mol. The van der Waals surface area contributed by atoms with Gasteiger partial charge >= 0.3 is 0 Å². The van der Waals surface area contributed by atoms with E-state index in [0.717, 1.165) is 32.0 Å². The lowest BCUT2D eigenvalue weighted by atomic mass is 10.1. The second-order valence-electron chi connectivity index (χ2n) is 7.20. The number of hydrogen-bond donors (Lipinski definition) is 0. The Morgan fingerprint density at radius 3 is 2.45 bits per heavy atom. The van der Waals surface area contributed by atoms with E-state index in [1.165, 1.54) is 4.90 Å². The molecule has 2 amide bonds. The largest absolute Gasteiger partial charge is 0.493 e. The van der Waals surface area contributed by atoms with Gasteiger partial charge in [0, 0.05) is 5.02 Å². The molecule has 33 heavy (non-hydrogen) atoms. The molecule has 0 radical (unpaired) electrons. The highest BCUT2D eigenvalue weighted by molar-refractivity contribution is 14.1. The Morgan fingerprint density at radius 1 is 1.03 bits per heavy atom. The smallest absolute Gasteiger partial charge is 0.293 e. The lowest BCUT2D eigenvalue weighted by molar-refractivity contribution is -0.123.